The van der Waals surface area contributed by atoms with E-state index in [1.54, 1.807) is 12.1 Å². The van der Waals surface area contributed by atoms with Crippen molar-refractivity contribution in [3.05, 3.63) is 29.8 Å². The van der Waals surface area contributed by atoms with Crippen LogP contribution in [0.1, 0.15) is 44.6 Å². The van der Waals surface area contributed by atoms with Gasteiger partial charge in [0.15, 0.2) is 0 Å². The number of nitrogens with one attached hydrogen (secondary N) is 2. The minimum atomic E-state index is -3.35. The monoisotopic (exact) mass is 310 g/mol. The second kappa shape index (κ2) is 7.92. The van der Waals surface area contributed by atoms with Crippen LogP contribution in [-0.2, 0) is 16.6 Å². The van der Waals surface area contributed by atoms with Crippen LogP contribution in [0.2, 0.25) is 0 Å². The second-order valence-electron chi connectivity index (χ2n) is 5.80. The fourth-order valence-corrected chi connectivity index (χ4v) is 3.36. The zero-order valence-electron chi connectivity index (χ0n) is 12.8. The number of hydrogen-bond acceptors (Lipinski definition) is 3. The van der Waals surface area contributed by atoms with E-state index in [1.807, 2.05) is 12.1 Å². The third kappa shape index (κ3) is 5.77. The molecular formula is C16H26N2O2S. The molecule has 0 heterocycles. The number of hydrogen-bond donors (Lipinski definition) is 2. The Balaban J connectivity index is 1.80. The molecule has 0 atom stereocenters. The highest BCUT2D eigenvalue weighted by Crippen LogP contribution is 2.33. The number of sulfonamides is 1. The molecule has 1 saturated carbocycles. The summed E-state index contributed by atoms with van der Waals surface area (Å²) in [7, 11) is -3.35. The normalized spacial score (nSPS) is 15.3. The fourth-order valence-electron chi connectivity index (χ4n) is 2.28. The van der Waals surface area contributed by atoms with Crippen molar-refractivity contribution in [1.82, 2.24) is 10.0 Å². The quantitative estimate of drug-likeness (QED) is 0.653. The van der Waals surface area contributed by atoms with E-state index in [0.717, 1.165) is 43.8 Å². The summed E-state index contributed by atoms with van der Waals surface area (Å²) in [6.07, 6.45) is 5.81. The molecule has 0 amide bonds. The Morgan fingerprint density at radius 1 is 1.14 bits per heavy atom. The van der Waals surface area contributed by atoms with Crippen molar-refractivity contribution in [2.75, 3.05) is 13.1 Å². The molecular weight excluding hydrogens is 284 g/mol. The first-order valence-corrected chi connectivity index (χ1v) is 9.39. The summed E-state index contributed by atoms with van der Waals surface area (Å²) in [6, 6.07) is 7.13. The maximum Gasteiger partial charge on any atom is 0.240 e. The summed E-state index contributed by atoms with van der Waals surface area (Å²) in [4.78, 5) is 0.355. The van der Waals surface area contributed by atoms with Crippen LogP contribution >= 0.6 is 0 Å². The number of rotatable bonds is 10. The summed E-state index contributed by atoms with van der Waals surface area (Å²) in [5.41, 5.74) is 1.11. The number of benzene rings is 1. The van der Waals surface area contributed by atoms with Gasteiger partial charge in [-0.2, -0.15) is 0 Å². The molecule has 2 rings (SSSR count). The predicted molar refractivity (Wildman–Crippen MR) is 85.6 cm³/mol. The summed E-state index contributed by atoms with van der Waals surface area (Å²) in [5, 5.41) is 3.30. The maximum atomic E-state index is 12.1. The van der Waals surface area contributed by atoms with E-state index >= 15 is 0 Å². The summed E-state index contributed by atoms with van der Waals surface area (Å²) in [6.45, 7) is 4.42. The molecule has 0 radical (unpaired) electrons. The van der Waals surface area contributed by atoms with Gasteiger partial charge in [-0.15, -0.1) is 0 Å². The molecule has 1 aromatic rings. The van der Waals surface area contributed by atoms with Crippen LogP contribution in [0.4, 0.5) is 0 Å². The van der Waals surface area contributed by atoms with E-state index < -0.39 is 10.0 Å². The lowest BCUT2D eigenvalue weighted by molar-refractivity contribution is 0.572. The van der Waals surface area contributed by atoms with Gasteiger partial charge in [-0.05, 0) is 49.4 Å². The zero-order chi connectivity index (χ0) is 15.1. The highest BCUT2D eigenvalue weighted by Gasteiger charge is 2.20. The van der Waals surface area contributed by atoms with Crippen molar-refractivity contribution in [2.24, 2.45) is 5.92 Å². The van der Waals surface area contributed by atoms with Crippen LogP contribution in [0.15, 0.2) is 29.2 Å². The van der Waals surface area contributed by atoms with Gasteiger partial charge in [0.1, 0.15) is 0 Å². The molecule has 0 spiro atoms. The van der Waals surface area contributed by atoms with E-state index in [4.69, 9.17) is 0 Å². The predicted octanol–water partition coefficient (Wildman–Crippen LogP) is 2.65. The Hall–Kier alpha value is -0.910. The van der Waals surface area contributed by atoms with Crippen molar-refractivity contribution >= 4 is 10.0 Å². The molecule has 4 nitrogen and oxygen atoms in total. The van der Waals surface area contributed by atoms with Gasteiger partial charge >= 0.3 is 0 Å². The van der Waals surface area contributed by atoms with Gasteiger partial charge in [-0.3, -0.25) is 0 Å². The molecule has 0 bridgehead atoms. The standard InChI is InChI=1S/C16H26N2O2S/c1-2-11-17-13-15-7-9-16(10-8-15)21(19,20)18-12-3-4-14-5-6-14/h7-10,14,17-18H,2-6,11-13H2,1H3. The van der Waals surface area contributed by atoms with Crippen LogP contribution in [0, 0.1) is 5.92 Å². The minimum Gasteiger partial charge on any atom is -0.313 e. The van der Waals surface area contributed by atoms with Crippen molar-refractivity contribution in [3.8, 4) is 0 Å². The van der Waals surface area contributed by atoms with E-state index in [0.29, 0.717) is 11.4 Å². The van der Waals surface area contributed by atoms with Crippen molar-refractivity contribution in [3.63, 3.8) is 0 Å². The van der Waals surface area contributed by atoms with Crippen LogP contribution in [-0.4, -0.2) is 21.5 Å². The first-order valence-electron chi connectivity index (χ1n) is 7.91. The SMILES string of the molecule is CCCNCc1ccc(S(=O)(=O)NCCCC2CC2)cc1. The van der Waals surface area contributed by atoms with Crippen molar-refractivity contribution < 1.29 is 8.42 Å². The summed E-state index contributed by atoms with van der Waals surface area (Å²) in [5.74, 6) is 0.851. The molecule has 118 valence electrons. The second-order valence-corrected chi connectivity index (χ2v) is 7.57. The van der Waals surface area contributed by atoms with E-state index in [9.17, 15) is 8.42 Å². The van der Waals surface area contributed by atoms with Gasteiger partial charge in [0, 0.05) is 13.1 Å². The molecule has 1 fully saturated rings. The molecule has 0 unspecified atom stereocenters. The Labute approximate surface area is 128 Å². The van der Waals surface area contributed by atoms with Gasteiger partial charge < -0.3 is 5.32 Å². The minimum absolute atomic E-state index is 0.355. The molecule has 1 aliphatic carbocycles. The van der Waals surface area contributed by atoms with E-state index in [-0.39, 0.29) is 0 Å². The zero-order valence-corrected chi connectivity index (χ0v) is 13.6. The summed E-state index contributed by atoms with van der Waals surface area (Å²) >= 11 is 0. The molecule has 0 aromatic heterocycles. The third-order valence-corrected chi connectivity index (χ3v) is 5.24. The first-order chi connectivity index (χ1) is 10.1. The third-order valence-electron chi connectivity index (χ3n) is 3.77. The van der Waals surface area contributed by atoms with Crippen LogP contribution in [0.5, 0.6) is 0 Å². The average molecular weight is 310 g/mol. The molecule has 2 N–H and O–H groups in total. The van der Waals surface area contributed by atoms with Gasteiger partial charge in [0.2, 0.25) is 10.0 Å². The summed E-state index contributed by atoms with van der Waals surface area (Å²) < 4.78 is 27.0. The largest absolute Gasteiger partial charge is 0.313 e. The molecule has 21 heavy (non-hydrogen) atoms. The van der Waals surface area contributed by atoms with Crippen LogP contribution < -0.4 is 10.0 Å². The van der Waals surface area contributed by atoms with E-state index in [2.05, 4.69) is 17.0 Å². The Morgan fingerprint density at radius 3 is 2.48 bits per heavy atom. The molecule has 5 heteroatoms. The Kier molecular flexibility index (Phi) is 6.21. The lowest BCUT2D eigenvalue weighted by Gasteiger charge is -2.08. The average Bonchev–Trinajstić information content (AvgIpc) is 3.29. The van der Waals surface area contributed by atoms with Crippen LogP contribution in [0.3, 0.4) is 0 Å². The Bertz CT molecular complexity index is 522. The lowest BCUT2D eigenvalue weighted by Crippen LogP contribution is -2.25. The lowest BCUT2D eigenvalue weighted by atomic mass is 10.2. The Morgan fingerprint density at radius 2 is 1.86 bits per heavy atom. The van der Waals surface area contributed by atoms with Gasteiger partial charge in [0.25, 0.3) is 0 Å². The topological polar surface area (TPSA) is 58.2 Å². The fraction of sp³-hybridized carbons (Fsp3) is 0.625. The highest BCUT2D eigenvalue weighted by atomic mass is 32.2. The van der Waals surface area contributed by atoms with Crippen molar-refractivity contribution in [2.45, 2.75) is 50.5 Å². The molecule has 0 saturated heterocycles. The molecule has 1 aliphatic rings. The van der Waals surface area contributed by atoms with Gasteiger partial charge in [0.05, 0.1) is 4.90 Å². The molecule has 0 aliphatic heterocycles. The first kappa shape index (κ1) is 16.5. The molecule has 1 aromatic carbocycles. The van der Waals surface area contributed by atoms with Gasteiger partial charge in [-0.25, -0.2) is 13.1 Å². The highest BCUT2D eigenvalue weighted by molar-refractivity contribution is 7.89. The van der Waals surface area contributed by atoms with Crippen LogP contribution in [0.25, 0.3) is 0 Å². The smallest absolute Gasteiger partial charge is 0.240 e. The maximum absolute atomic E-state index is 12.1. The van der Waals surface area contributed by atoms with Gasteiger partial charge in [-0.1, -0.05) is 31.9 Å². The van der Waals surface area contributed by atoms with E-state index in [1.165, 1.54) is 12.8 Å². The van der Waals surface area contributed by atoms with Crippen molar-refractivity contribution in [1.29, 1.82) is 0 Å².